The van der Waals surface area contributed by atoms with Gasteiger partial charge in [-0.1, -0.05) is 0 Å². The van der Waals surface area contributed by atoms with Crippen LogP contribution in [0.25, 0.3) is 0 Å². The van der Waals surface area contributed by atoms with E-state index < -0.39 is 11.9 Å². The Morgan fingerprint density at radius 2 is 2.09 bits per heavy atom. The van der Waals surface area contributed by atoms with Crippen LogP contribution in [-0.4, -0.2) is 42.1 Å². The molecule has 0 spiro atoms. The normalized spacial score (nSPS) is 14.7. The summed E-state index contributed by atoms with van der Waals surface area (Å²) in [5.41, 5.74) is -1.00. The summed E-state index contributed by atoms with van der Waals surface area (Å²) in [5, 5.41) is 8.34. The second kappa shape index (κ2) is 7.39. The number of rotatable bonds is 8. The quantitative estimate of drug-likeness (QED) is 0.624. The Morgan fingerprint density at radius 1 is 1.32 bits per heavy atom. The van der Waals surface area contributed by atoms with Gasteiger partial charge in [0.05, 0.1) is 6.54 Å². The van der Waals surface area contributed by atoms with E-state index in [9.17, 15) is 18.0 Å². The number of amides is 1. The Bertz CT molecular complexity index is 505. The molecule has 6 nitrogen and oxygen atoms in total. The number of aromatic nitrogens is 2. The van der Waals surface area contributed by atoms with Crippen LogP contribution in [0.3, 0.4) is 0 Å². The summed E-state index contributed by atoms with van der Waals surface area (Å²) in [4.78, 5) is 18.5. The van der Waals surface area contributed by atoms with Gasteiger partial charge in [-0.2, -0.15) is 13.2 Å². The third-order valence-corrected chi connectivity index (χ3v) is 3.09. The van der Waals surface area contributed by atoms with Crippen molar-refractivity contribution < 1.29 is 18.0 Å². The van der Waals surface area contributed by atoms with Crippen molar-refractivity contribution >= 4 is 11.9 Å². The van der Waals surface area contributed by atoms with E-state index in [1.54, 1.807) is 0 Å². The number of hydrogen-bond acceptors (Lipinski definition) is 5. The first kappa shape index (κ1) is 16.5. The minimum absolute atomic E-state index is 0.115. The van der Waals surface area contributed by atoms with Gasteiger partial charge in [-0.15, -0.1) is 0 Å². The van der Waals surface area contributed by atoms with Gasteiger partial charge in [0.1, 0.15) is 5.69 Å². The Morgan fingerprint density at radius 3 is 2.77 bits per heavy atom. The minimum atomic E-state index is -4.50. The summed E-state index contributed by atoms with van der Waals surface area (Å²) in [6, 6.07) is 0.804. The molecule has 122 valence electrons. The van der Waals surface area contributed by atoms with Gasteiger partial charge >= 0.3 is 6.18 Å². The van der Waals surface area contributed by atoms with Crippen molar-refractivity contribution in [2.45, 2.75) is 19.0 Å². The van der Waals surface area contributed by atoms with Crippen LogP contribution in [0.15, 0.2) is 12.3 Å². The van der Waals surface area contributed by atoms with Crippen LogP contribution < -0.4 is 16.0 Å². The predicted octanol–water partition coefficient (Wildman–Crippen LogP) is 1.02. The van der Waals surface area contributed by atoms with Gasteiger partial charge in [0.25, 0.3) is 0 Å². The molecule has 1 aromatic rings. The summed E-state index contributed by atoms with van der Waals surface area (Å²) >= 11 is 0. The van der Waals surface area contributed by atoms with Crippen molar-refractivity contribution in [1.29, 1.82) is 0 Å². The smallest absolute Gasteiger partial charge is 0.353 e. The van der Waals surface area contributed by atoms with E-state index >= 15 is 0 Å². The van der Waals surface area contributed by atoms with E-state index in [1.165, 1.54) is 12.8 Å². The Balaban J connectivity index is 1.62. The number of alkyl halides is 3. The van der Waals surface area contributed by atoms with E-state index in [0.29, 0.717) is 5.92 Å². The highest BCUT2D eigenvalue weighted by Gasteiger charge is 2.32. The summed E-state index contributed by atoms with van der Waals surface area (Å²) < 4.78 is 37.4. The summed E-state index contributed by atoms with van der Waals surface area (Å²) in [5.74, 6) is 0.441. The van der Waals surface area contributed by atoms with E-state index in [1.807, 2.05) is 0 Å². The molecule has 1 aromatic heterocycles. The van der Waals surface area contributed by atoms with Crippen LogP contribution in [0.5, 0.6) is 0 Å². The Kier molecular flexibility index (Phi) is 5.53. The molecule has 22 heavy (non-hydrogen) atoms. The molecule has 1 aliphatic rings. The fourth-order valence-corrected chi connectivity index (χ4v) is 1.75. The largest absolute Gasteiger partial charge is 0.433 e. The molecule has 1 amide bonds. The number of nitrogens with zero attached hydrogens (tertiary/aromatic N) is 2. The lowest BCUT2D eigenvalue weighted by molar-refractivity contribution is -0.141. The zero-order valence-corrected chi connectivity index (χ0v) is 11.9. The van der Waals surface area contributed by atoms with Crippen molar-refractivity contribution in [3.05, 3.63) is 18.0 Å². The van der Waals surface area contributed by atoms with Crippen LogP contribution in [0.2, 0.25) is 0 Å². The summed E-state index contributed by atoms with van der Waals surface area (Å²) in [6.45, 7) is 1.62. The van der Waals surface area contributed by atoms with Crippen LogP contribution >= 0.6 is 0 Å². The molecule has 0 radical (unpaired) electrons. The third kappa shape index (κ3) is 5.84. The molecule has 0 bridgehead atoms. The molecule has 9 heteroatoms. The predicted molar refractivity (Wildman–Crippen MR) is 74.1 cm³/mol. The molecule has 0 aliphatic heterocycles. The molecule has 2 rings (SSSR count). The monoisotopic (exact) mass is 317 g/mol. The summed E-state index contributed by atoms with van der Waals surface area (Å²) in [6.07, 6.45) is -1.02. The number of hydrogen-bond donors (Lipinski definition) is 3. The van der Waals surface area contributed by atoms with Gasteiger partial charge < -0.3 is 16.0 Å². The van der Waals surface area contributed by atoms with Crippen LogP contribution in [0, 0.1) is 5.92 Å². The van der Waals surface area contributed by atoms with Gasteiger partial charge in [-0.25, -0.2) is 9.97 Å². The first-order chi connectivity index (χ1) is 10.4. The number of anilines is 1. The lowest BCUT2D eigenvalue weighted by atomic mass is 10.4. The Hall–Kier alpha value is -1.90. The molecule has 0 saturated heterocycles. The molecular formula is C13H18F3N5O. The molecular weight excluding hydrogens is 299 g/mol. The minimum Gasteiger partial charge on any atom is -0.353 e. The topological polar surface area (TPSA) is 78.9 Å². The van der Waals surface area contributed by atoms with Crippen molar-refractivity contribution in [3.63, 3.8) is 0 Å². The van der Waals surface area contributed by atoms with E-state index in [0.717, 1.165) is 18.8 Å². The second-order valence-electron chi connectivity index (χ2n) is 5.11. The lowest BCUT2D eigenvalue weighted by Gasteiger charge is -2.09. The number of nitrogens with one attached hydrogen (secondary N) is 3. The van der Waals surface area contributed by atoms with Crippen molar-refractivity contribution in [1.82, 2.24) is 20.6 Å². The van der Waals surface area contributed by atoms with Gasteiger partial charge in [0, 0.05) is 19.3 Å². The first-order valence-corrected chi connectivity index (χ1v) is 7.06. The average Bonchev–Trinajstić information content (AvgIpc) is 3.27. The van der Waals surface area contributed by atoms with Gasteiger partial charge in [0.2, 0.25) is 11.9 Å². The maximum absolute atomic E-state index is 12.5. The zero-order chi connectivity index (χ0) is 16.0. The van der Waals surface area contributed by atoms with Crippen LogP contribution in [-0.2, 0) is 11.0 Å². The first-order valence-electron chi connectivity index (χ1n) is 7.06. The molecule has 1 heterocycles. The lowest BCUT2D eigenvalue weighted by Crippen LogP contribution is -2.37. The fraction of sp³-hybridized carbons (Fsp3) is 0.615. The number of carbonyl (C=O) groups excluding carboxylic acids is 1. The molecule has 1 fully saturated rings. The van der Waals surface area contributed by atoms with Crippen molar-refractivity contribution in [3.8, 4) is 0 Å². The third-order valence-electron chi connectivity index (χ3n) is 3.09. The average molecular weight is 317 g/mol. The molecule has 0 atom stereocenters. The Labute approximate surface area is 125 Å². The standard InChI is InChI=1S/C13H18F3N5O/c14-13(15,16)10-3-4-19-12(21-10)20-6-5-18-11(22)8-17-7-9-1-2-9/h3-4,9,17H,1-2,5-8H2,(H,18,22)(H,19,20,21). The second-order valence-corrected chi connectivity index (χ2v) is 5.11. The SMILES string of the molecule is O=C(CNCC1CC1)NCCNc1nccc(C(F)(F)F)n1. The van der Waals surface area contributed by atoms with Gasteiger partial charge in [-0.3, -0.25) is 4.79 Å². The summed E-state index contributed by atoms with van der Waals surface area (Å²) in [7, 11) is 0. The highest BCUT2D eigenvalue weighted by atomic mass is 19.4. The van der Waals surface area contributed by atoms with Crippen molar-refractivity contribution in [2.24, 2.45) is 5.92 Å². The number of carbonyl (C=O) groups is 1. The maximum atomic E-state index is 12.5. The maximum Gasteiger partial charge on any atom is 0.433 e. The van der Waals surface area contributed by atoms with E-state index in [2.05, 4.69) is 25.9 Å². The highest BCUT2D eigenvalue weighted by molar-refractivity contribution is 5.77. The van der Waals surface area contributed by atoms with E-state index in [4.69, 9.17) is 0 Å². The number of halogens is 3. The molecule has 0 aromatic carbocycles. The molecule has 1 aliphatic carbocycles. The molecule has 3 N–H and O–H groups in total. The highest BCUT2D eigenvalue weighted by Crippen LogP contribution is 2.27. The van der Waals surface area contributed by atoms with E-state index in [-0.39, 0.29) is 31.5 Å². The van der Waals surface area contributed by atoms with Crippen LogP contribution in [0.1, 0.15) is 18.5 Å². The molecule has 0 unspecified atom stereocenters. The van der Waals surface area contributed by atoms with Gasteiger partial charge in [-0.05, 0) is 31.4 Å². The fourth-order valence-electron chi connectivity index (χ4n) is 1.75. The molecule has 1 saturated carbocycles. The van der Waals surface area contributed by atoms with Crippen LogP contribution in [0.4, 0.5) is 19.1 Å². The van der Waals surface area contributed by atoms with Gasteiger partial charge in [0.15, 0.2) is 0 Å². The van der Waals surface area contributed by atoms with Crippen molar-refractivity contribution in [2.75, 3.05) is 31.5 Å². The zero-order valence-electron chi connectivity index (χ0n) is 11.9.